The maximum atomic E-state index is 14.4. The summed E-state index contributed by atoms with van der Waals surface area (Å²) in [7, 11) is -1.71. The van der Waals surface area contributed by atoms with Gasteiger partial charge in [0.15, 0.2) is 5.69 Å². The monoisotopic (exact) mass is 757 g/mol. The first kappa shape index (κ1) is 37.6. The molecule has 0 radical (unpaired) electrons. The van der Waals surface area contributed by atoms with E-state index in [1.807, 2.05) is 6.08 Å². The zero-order valence-electron chi connectivity index (χ0n) is 28.5. The summed E-state index contributed by atoms with van der Waals surface area (Å²) in [5, 5.41) is 8.79. The topological polar surface area (TPSA) is 186 Å². The quantitative estimate of drug-likeness (QED) is 0.287. The summed E-state index contributed by atoms with van der Waals surface area (Å²) >= 11 is 0. The number of fused-ring (bicyclic) bond motifs is 2. The number of hydrogen-bond acceptors (Lipinski definition) is 10. The average molecular weight is 758 g/mol. The molecule has 5 unspecified atom stereocenters. The van der Waals surface area contributed by atoms with Gasteiger partial charge in [0.1, 0.15) is 41.0 Å². The van der Waals surface area contributed by atoms with Crippen LogP contribution in [0.25, 0.3) is 11.0 Å². The molecule has 2 fully saturated rings. The fourth-order valence-corrected chi connectivity index (χ4v) is 7.35. The molecule has 1 aromatic carbocycles. The highest BCUT2D eigenvalue weighted by Crippen LogP contribution is 2.37. The number of para-hydroxylation sites is 2. The summed E-state index contributed by atoms with van der Waals surface area (Å²) < 4.78 is 68.5. The molecule has 0 bridgehead atoms. The van der Waals surface area contributed by atoms with E-state index in [0.717, 1.165) is 4.90 Å². The summed E-state index contributed by atoms with van der Waals surface area (Å²) in [6.07, 6.45) is 3.44. The number of rotatable bonds is 8. The van der Waals surface area contributed by atoms with Gasteiger partial charge < -0.3 is 24.8 Å². The minimum atomic E-state index is -4.95. The number of halogens is 3. The van der Waals surface area contributed by atoms with Gasteiger partial charge >= 0.3 is 6.18 Å². The summed E-state index contributed by atoms with van der Waals surface area (Å²) in [5.74, 6) is -3.87. The van der Waals surface area contributed by atoms with E-state index in [9.17, 15) is 36.6 Å². The third-order valence-corrected chi connectivity index (χ3v) is 10.8. The van der Waals surface area contributed by atoms with Crippen molar-refractivity contribution in [2.24, 2.45) is 0 Å². The van der Waals surface area contributed by atoms with Crippen LogP contribution in [0.2, 0.25) is 0 Å². The predicted molar refractivity (Wildman–Crippen MR) is 184 cm³/mol. The molecule has 282 valence electrons. The second-order valence-electron chi connectivity index (χ2n) is 13.2. The summed E-state index contributed by atoms with van der Waals surface area (Å²) in [4.78, 5) is 64.4. The van der Waals surface area contributed by atoms with Crippen molar-refractivity contribution in [3.05, 3.63) is 72.8 Å². The van der Waals surface area contributed by atoms with Crippen molar-refractivity contribution in [3.63, 3.8) is 0 Å². The molecule has 0 spiro atoms. The zero-order chi connectivity index (χ0) is 37.8. The number of benzene rings is 1. The number of aromatic nitrogens is 3. The van der Waals surface area contributed by atoms with Gasteiger partial charge in [0, 0.05) is 18.9 Å². The summed E-state index contributed by atoms with van der Waals surface area (Å²) in [6, 6.07) is 4.69. The van der Waals surface area contributed by atoms with Gasteiger partial charge in [-0.15, -0.1) is 6.58 Å². The van der Waals surface area contributed by atoms with Crippen LogP contribution in [0.3, 0.4) is 0 Å². The minimum Gasteiger partial charge on any atom is -0.471 e. The van der Waals surface area contributed by atoms with Gasteiger partial charge in [-0.2, -0.15) is 13.2 Å². The lowest BCUT2D eigenvalue weighted by atomic mass is 9.93. The van der Waals surface area contributed by atoms with Crippen LogP contribution in [-0.2, 0) is 31.5 Å². The van der Waals surface area contributed by atoms with Crippen molar-refractivity contribution in [1.82, 2.24) is 35.4 Å². The second-order valence-corrected chi connectivity index (χ2v) is 14.6. The van der Waals surface area contributed by atoms with E-state index in [0.29, 0.717) is 38.5 Å². The van der Waals surface area contributed by atoms with Gasteiger partial charge in [-0.25, -0.2) is 14.2 Å². The first-order valence-corrected chi connectivity index (χ1v) is 18.4. The molecule has 4 heterocycles. The molecule has 18 heteroatoms. The third kappa shape index (κ3) is 8.75. The Kier molecular flexibility index (Phi) is 11.3. The predicted octanol–water partition coefficient (Wildman–Crippen LogP) is 3.68. The SMILES string of the molecule is C=CC1(C(=O)NS(=O)C2CC2)CC=CCCCCCC(NC(=O)c2ccon2)C(=O)N2CC(Oc3nc4ccccc4nc3C(F)(F)F)CC2C(=O)N1. The molecule has 3 aliphatic rings. The van der Waals surface area contributed by atoms with Crippen LogP contribution in [-0.4, -0.2) is 83.4 Å². The Hall–Kier alpha value is -5.13. The molecule has 1 saturated heterocycles. The molecule has 3 N–H and O–H groups in total. The fourth-order valence-electron chi connectivity index (χ4n) is 6.26. The fraction of sp³-hybridized carbons (Fsp3) is 0.457. The average Bonchev–Trinajstić information content (AvgIpc) is 3.67. The molecule has 5 atom stereocenters. The van der Waals surface area contributed by atoms with Crippen LogP contribution in [0.15, 0.2) is 65.9 Å². The van der Waals surface area contributed by atoms with Crippen molar-refractivity contribution in [1.29, 1.82) is 0 Å². The molecule has 1 saturated carbocycles. The Balaban J connectivity index is 1.35. The van der Waals surface area contributed by atoms with E-state index in [1.54, 1.807) is 12.1 Å². The number of carbonyl (C=O) groups is 4. The molecule has 3 aromatic rings. The van der Waals surface area contributed by atoms with Gasteiger partial charge in [0.2, 0.25) is 23.4 Å². The Morgan fingerprint density at radius 2 is 1.83 bits per heavy atom. The normalized spacial score (nSPS) is 25.0. The number of alkyl halides is 3. The van der Waals surface area contributed by atoms with Gasteiger partial charge in [-0.3, -0.25) is 23.9 Å². The molecule has 1 aliphatic carbocycles. The van der Waals surface area contributed by atoms with Crippen LogP contribution in [0, 0.1) is 0 Å². The Morgan fingerprint density at radius 1 is 1.08 bits per heavy atom. The number of allylic oxidation sites excluding steroid dienone is 1. The molecule has 4 amide bonds. The molecule has 14 nitrogen and oxygen atoms in total. The Bertz CT molecular complexity index is 1920. The lowest BCUT2D eigenvalue weighted by Gasteiger charge is -2.33. The standard InChI is InChI=1S/C35H38F3N7O7S/c1-2-34(33(49)44-53(50)22-14-15-22)17-10-6-4-3-5-7-13-26(40-29(46)25-16-18-51-43-25)32(48)45-20-21(19-27(45)30(47)42-34)52-31-28(35(36,37)38)39-23-11-8-9-12-24(23)41-31/h2,6,8-12,16,18,21-22,26-27H,1,3-5,7,13-15,17,19-20H2,(H,40,46)(H,42,47)(H,44,49). The van der Waals surface area contributed by atoms with E-state index in [2.05, 4.69) is 37.1 Å². The number of ether oxygens (including phenoxy) is 1. The van der Waals surface area contributed by atoms with E-state index >= 15 is 0 Å². The molecule has 2 aromatic heterocycles. The smallest absolute Gasteiger partial charge is 0.438 e. The first-order chi connectivity index (χ1) is 25.4. The molecule has 6 rings (SSSR count). The largest absolute Gasteiger partial charge is 0.471 e. The number of amides is 4. The lowest BCUT2D eigenvalue weighted by Crippen LogP contribution is -2.61. The summed E-state index contributed by atoms with van der Waals surface area (Å²) in [6.45, 7) is 3.42. The van der Waals surface area contributed by atoms with Crippen molar-refractivity contribution < 1.29 is 45.8 Å². The highest BCUT2D eigenvalue weighted by atomic mass is 32.2. The van der Waals surface area contributed by atoms with Crippen molar-refractivity contribution in [2.45, 2.75) is 92.9 Å². The number of nitrogens with one attached hydrogen (secondary N) is 3. The first-order valence-electron chi connectivity index (χ1n) is 17.2. The Labute approximate surface area is 304 Å². The number of carbonyl (C=O) groups excluding carboxylic acids is 4. The summed E-state index contributed by atoms with van der Waals surface area (Å²) in [5.41, 5.74) is -3.16. The third-order valence-electron chi connectivity index (χ3n) is 9.30. The van der Waals surface area contributed by atoms with E-state index in [4.69, 9.17) is 9.26 Å². The molecular weight excluding hydrogens is 719 g/mol. The molecule has 53 heavy (non-hydrogen) atoms. The lowest BCUT2D eigenvalue weighted by molar-refractivity contribution is -0.143. The molecule has 2 aliphatic heterocycles. The van der Waals surface area contributed by atoms with E-state index in [-0.39, 0.29) is 47.8 Å². The van der Waals surface area contributed by atoms with Crippen LogP contribution in [0.4, 0.5) is 13.2 Å². The zero-order valence-corrected chi connectivity index (χ0v) is 29.3. The highest BCUT2D eigenvalue weighted by Gasteiger charge is 2.48. The van der Waals surface area contributed by atoms with Crippen molar-refractivity contribution in [3.8, 4) is 5.88 Å². The van der Waals surface area contributed by atoms with Crippen LogP contribution >= 0.6 is 0 Å². The van der Waals surface area contributed by atoms with Gasteiger partial charge in [0.05, 0.1) is 22.8 Å². The van der Waals surface area contributed by atoms with Gasteiger partial charge in [0.25, 0.3) is 11.8 Å². The van der Waals surface area contributed by atoms with Gasteiger partial charge in [-0.1, -0.05) is 48.4 Å². The van der Waals surface area contributed by atoms with E-state index < -0.39 is 76.1 Å². The number of hydrogen-bond donors (Lipinski definition) is 3. The maximum Gasteiger partial charge on any atom is 0.438 e. The Morgan fingerprint density at radius 3 is 2.51 bits per heavy atom. The highest BCUT2D eigenvalue weighted by molar-refractivity contribution is 7.84. The van der Waals surface area contributed by atoms with Crippen LogP contribution in [0.1, 0.15) is 74.0 Å². The maximum absolute atomic E-state index is 14.4. The minimum absolute atomic E-state index is 0.0118. The number of nitrogens with zero attached hydrogens (tertiary/aromatic N) is 4. The van der Waals surface area contributed by atoms with E-state index in [1.165, 1.54) is 36.6 Å². The second kappa shape index (κ2) is 15.9. The van der Waals surface area contributed by atoms with Gasteiger partial charge in [-0.05, 0) is 44.2 Å². The van der Waals surface area contributed by atoms with Crippen LogP contribution in [0.5, 0.6) is 5.88 Å². The van der Waals surface area contributed by atoms with Crippen LogP contribution < -0.4 is 20.1 Å². The van der Waals surface area contributed by atoms with Crippen molar-refractivity contribution >= 4 is 45.6 Å². The molecular formula is C35H38F3N7O7S. The van der Waals surface area contributed by atoms with Crippen molar-refractivity contribution in [2.75, 3.05) is 6.54 Å².